The van der Waals surface area contributed by atoms with Crippen molar-refractivity contribution in [3.8, 4) is 0 Å². The van der Waals surface area contributed by atoms with Crippen molar-refractivity contribution in [1.82, 2.24) is 15.2 Å². The van der Waals surface area contributed by atoms with E-state index >= 15 is 0 Å². The average Bonchev–Trinajstić information content (AvgIpc) is 3.40. The van der Waals surface area contributed by atoms with Crippen molar-refractivity contribution in [3.05, 3.63) is 62.5 Å². The fraction of sp³-hybridized carbons (Fsp3) is 0.391. The van der Waals surface area contributed by atoms with Crippen LogP contribution < -0.4 is 5.32 Å². The van der Waals surface area contributed by atoms with Gasteiger partial charge >= 0.3 is 12.1 Å². The molecule has 0 bridgehead atoms. The highest BCUT2D eigenvalue weighted by molar-refractivity contribution is 7.11. The van der Waals surface area contributed by atoms with E-state index in [2.05, 4.69) is 10.3 Å². The molecule has 2 aromatic rings. The van der Waals surface area contributed by atoms with E-state index in [4.69, 9.17) is 26.1 Å². The molecule has 2 atom stereocenters. The van der Waals surface area contributed by atoms with E-state index in [1.54, 1.807) is 27.0 Å². The molecule has 1 aromatic heterocycles. The predicted octanol–water partition coefficient (Wildman–Crippen LogP) is 4.46. The highest BCUT2D eigenvalue weighted by atomic mass is 35.5. The molecule has 0 aliphatic carbocycles. The number of ether oxygens (including phenoxy) is 2. The van der Waals surface area contributed by atoms with Crippen molar-refractivity contribution in [2.45, 2.75) is 44.9 Å². The van der Waals surface area contributed by atoms with Gasteiger partial charge in [0.25, 0.3) is 0 Å². The molecule has 11 heteroatoms. The van der Waals surface area contributed by atoms with Gasteiger partial charge in [-0.2, -0.15) is 0 Å². The number of rotatable bonds is 4. The molecule has 1 N–H and O–H groups in total. The van der Waals surface area contributed by atoms with Gasteiger partial charge in [0.2, 0.25) is 0 Å². The minimum absolute atomic E-state index is 0.143. The average molecular weight is 507 g/mol. The number of amides is 1. The molecule has 1 aromatic carbocycles. The van der Waals surface area contributed by atoms with E-state index in [-0.39, 0.29) is 16.6 Å². The molecular weight excluding hydrogens is 483 g/mol. The van der Waals surface area contributed by atoms with Gasteiger partial charge in [0.05, 0.1) is 18.7 Å². The first-order valence-corrected chi connectivity index (χ1v) is 11.8. The molecule has 1 saturated heterocycles. The number of esters is 1. The third-order valence-electron chi connectivity index (χ3n) is 5.27. The lowest BCUT2D eigenvalue weighted by atomic mass is 9.94. The predicted molar refractivity (Wildman–Crippen MR) is 126 cm³/mol. The Morgan fingerprint density at radius 2 is 2.09 bits per heavy atom. The number of aromatic nitrogens is 1. The van der Waals surface area contributed by atoms with E-state index in [1.807, 2.05) is 10.3 Å². The number of nitrogens with zero attached hydrogens (tertiary/aromatic N) is 3. The molecule has 34 heavy (non-hydrogen) atoms. The number of hydrogen-bond donors (Lipinski definition) is 1. The highest BCUT2D eigenvalue weighted by Gasteiger charge is 2.43. The summed E-state index contributed by atoms with van der Waals surface area (Å²) in [5, 5.41) is 5.48. The molecule has 1 amide bonds. The van der Waals surface area contributed by atoms with Crippen LogP contribution in [0.1, 0.15) is 43.8 Å². The zero-order valence-corrected chi connectivity index (χ0v) is 20.7. The van der Waals surface area contributed by atoms with Gasteiger partial charge in [0.15, 0.2) is 10.8 Å². The molecule has 2 aliphatic rings. The lowest BCUT2D eigenvalue weighted by Crippen LogP contribution is -2.41. The molecule has 0 unspecified atom stereocenters. The van der Waals surface area contributed by atoms with Gasteiger partial charge in [0.1, 0.15) is 17.5 Å². The monoisotopic (exact) mass is 506 g/mol. The molecule has 0 radical (unpaired) electrons. The van der Waals surface area contributed by atoms with Crippen molar-refractivity contribution in [2.24, 2.45) is 4.99 Å². The zero-order chi connectivity index (χ0) is 24.6. The summed E-state index contributed by atoms with van der Waals surface area (Å²) in [6.45, 7) is 5.71. The second-order valence-electron chi connectivity index (χ2n) is 8.87. The molecule has 180 valence electrons. The molecule has 4 rings (SSSR count). The van der Waals surface area contributed by atoms with Gasteiger partial charge in [-0.25, -0.2) is 19.0 Å². The molecule has 2 aliphatic heterocycles. The smallest absolute Gasteiger partial charge is 0.407 e. The largest absolute Gasteiger partial charge is 0.466 e. The van der Waals surface area contributed by atoms with E-state index in [9.17, 15) is 14.0 Å². The van der Waals surface area contributed by atoms with E-state index in [0.29, 0.717) is 35.1 Å². The first kappa shape index (κ1) is 24.2. The van der Waals surface area contributed by atoms with Gasteiger partial charge in [-0.1, -0.05) is 17.7 Å². The summed E-state index contributed by atoms with van der Waals surface area (Å²) in [7, 11) is 1.29. The van der Waals surface area contributed by atoms with Crippen LogP contribution in [0, 0.1) is 5.82 Å². The fourth-order valence-electron chi connectivity index (χ4n) is 3.99. The number of thiazole rings is 1. The number of amidine groups is 1. The number of hydrogen-bond acceptors (Lipinski definition) is 8. The number of alkyl carbamates (subject to hydrolysis) is 1. The summed E-state index contributed by atoms with van der Waals surface area (Å²) in [5.41, 5.74) is 0.737. The summed E-state index contributed by atoms with van der Waals surface area (Å²) in [6, 6.07) is 2.79. The summed E-state index contributed by atoms with van der Waals surface area (Å²) < 4.78 is 24.2. The first-order valence-electron chi connectivity index (χ1n) is 10.6. The van der Waals surface area contributed by atoms with Crippen molar-refractivity contribution in [3.63, 3.8) is 0 Å². The maximum absolute atomic E-state index is 13.7. The normalized spacial score (nSPS) is 20.1. The standard InChI is InChI=1S/C23H24ClFN4O4S/c1-23(2,3)33-22(31)27-13-10-16-17(21(30)32-4)18(14-6-5-12(25)9-15(14)24)28-19(29(16)11-13)20-26-7-8-34-20/h5-9,13,18H,10-11H2,1-4H3,(H,27,31)/t13-,18-/m0/s1. The minimum atomic E-state index is -0.828. The molecule has 0 spiro atoms. The summed E-state index contributed by atoms with van der Waals surface area (Å²) >= 11 is 7.76. The number of fused-ring (bicyclic) bond motifs is 1. The minimum Gasteiger partial charge on any atom is -0.466 e. The van der Waals surface area contributed by atoms with Crippen molar-refractivity contribution in [1.29, 1.82) is 0 Å². The second-order valence-corrected chi connectivity index (χ2v) is 10.2. The Bertz CT molecular complexity index is 1180. The van der Waals surface area contributed by atoms with Crippen LogP contribution in [-0.2, 0) is 14.3 Å². The molecule has 0 saturated carbocycles. The van der Waals surface area contributed by atoms with Gasteiger partial charge in [-0.3, -0.25) is 4.99 Å². The van der Waals surface area contributed by atoms with Crippen molar-refractivity contribution < 1.29 is 23.5 Å². The third-order valence-corrected chi connectivity index (χ3v) is 6.36. The molecular formula is C23H24ClFN4O4S. The summed E-state index contributed by atoms with van der Waals surface area (Å²) in [6.07, 6.45) is 1.45. The first-order chi connectivity index (χ1) is 16.1. The molecule has 8 nitrogen and oxygen atoms in total. The van der Waals surface area contributed by atoms with E-state index < -0.39 is 29.5 Å². The maximum atomic E-state index is 13.7. The quantitative estimate of drug-likeness (QED) is 0.615. The number of nitrogens with one attached hydrogen (secondary N) is 1. The summed E-state index contributed by atoms with van der Waals surface area (Å²) in [4.78, 5) is 36.5. The van der Waals surface area contributed by atoms with E-state index in [0.717, 1.165) is 0 Å². The van der Waals surface area contributed by atoms with E-state index in [1.165, 1.54) is 36.6 Å². The number of methoxy groups -OCH3 is 1. The SMILES string of the molecule is COC(=O)C1=C2C[C@H](NC(=O)OC(C)(C)C)CN2C(c2nccs2)=N[C@H]1c1ccc(F)cc1Cl. The van der Waals surface area contributed by atoms with Crippen LogP contribution in [0.3, 0.4) is 0 Å². The Labute approximate surface area is 205 Å². The second kappa shape index (κ2) is 9.34. The number of halogens is 2. The van der Waals surface area contributed by atoms with Gasteiger partial charge in [-0.05, 0) is 32.9 Å². The number of benzene rings is 1. The third kappa shape index (κ3) is 4.92. The Hall–Kier alpha value is -2.98. The van der Waals surface area contributed by atoms with Crippen LogP contribution in [0.2, 0.25) is 5.02 Å². The van der Waals surface area contributed by atoms with Gasteiger partial charge < -0.3 is 19.7 Å². The fourth-order valence-corrected chi connectivity index (χ4v) is 4.90. The van der Waals surface area contributed by atoms with Crippen LogP contribution in [0.25, 0.3) is 0 Å². The Morgan fingerprint density at radius 1 is 1.32 bits per heavy atom. The van der Waals surface area contributed by atoms with Crippen LogP contribution >= 0.6 is 22.9 Å². The van der Waals surface area contributed by atoms with Crippen molar-refractivity contribution >= 4 is 40.8 Å². The lowest BCUT2D eigenvalue weighted by molar-refractivity contribution is -0.136. The van der Waals surface area contributed by atoms with Crippen LogP contribution in [0.5, 0.6) is 0 Å². The van der Waals surface area contributed by atoms with Gasteiger partial charge in [-0.15, -0.1) is 11.3 Å². The molecule has 1 fully saturated rings. The topological polar surface area (TPSA) is 93.1 Å². The van der Waals surface area contributed by atoms with Crippen molar-refractivity contribution in [2.75, 3.05) is 13.7 Å². The van der Waals surface area contributed by atoms with Crippen LogP contribution in [-0.4, -0.2) is 53.1 Å². The number of carbonyl (C=O) groups excluding carboxylic acids is 2. The van der Waals surface area contributed by atoms with Crippen LogP contribution in [0.15, 0.2) is 46.0 Å². The zero-order valence-electron chi connectivity index (χ0n) is 19.1. The maximum Gasteiger partial charge on any atom is 0.407 e. The summed E-state index contributed by atoms with van der Waals surface area (Å²) in [5.74, 6) is -0.535. The van der Waals surface area contributed by atoms with Gasteiger partial charge in [0, 0.05) is 40.8 Å². The Balaban J connectivity index is 1.78. The number of carbonyl (C=O) groups is 2. The Morgan fingerprint density at radius 3 is 2.71 bits per heavy atom. The highest BCUT2D eigenvalue weighted by Crippen LogP contribution is 2.42. The Kier molecular flexibility index (Phi) is 6.64. The van der Waals surface area contributed by atoms with Crippen LogP contribution in [0.4, 0.5) is 9.18 Å². The number of aliphatic imine (C=N–C) groups is 1. The lowest BCUT2D eigenvalue weighted by Gasteiger charge is -2.31. The molecule has 3 heterocycles.